The molecule has 0 atom stereocenters. The zero-order valence-corrected chi connectivity index (χ0v) is 15.3. The molecule has 0 spiro atoms. The third-order valence-corrected chi connectivity index (χ3v) is 3.77. The van der Waals surface area contributed by atoms with E-state index in [4.69, 9.17) is 9.47 Å². The van der Waals surface area contributed by atoms with Crippen molar-refractivity contribution in [2.24, 2.45) is 0 Å². The van der Waals surface area contributed by atoms with Crippen LogP contribution in [0.4, 0.5) is 17.2 Å². The summed E-state index contributed by atoms with van der Waals surface area (Å²) in [5.41, 5.74) is 1.81. The predicted molar refractivity (Wildman–Crippen MR) is 104 cm³/mol. The quantitative estimate of drug-likeness (QED) is 0.635. The van der Waals surface area contributed by atoms with Crippen LogP contribution >= 0.6 is 0 Å². The van der Waals surface area contributed by atoms with Crippen LogP contribution in [0.3, 0.4) is 0 Å². The van der Waals surface area contributed by atoms with Gasteiger partial charge >= 0.3 is 5.97 Å². The van der Waals surface area contributed by atoms with Crippen LogP contribution in [0, 0.1) is 0 Å². The Labute approximate surface area is 161 Å². The highest BCUT2D eigenvalue weighted by molar-refractivity contribution is 6.02. The van der Waals surface area contributed by atoms with Crippen LogP contribution in [0.15, 0.2) is 60.9 Å². The minimum atomic E-state index is -0.431. The van der Waals surface area contributed by atoms with Crippen LogP contribution in [0.1, 0.15) is 20.8 Å². The van der Waals surface area contributed by atoms with Crippen molar-refractivity contribution in [1.29, 1.82) is 0 Å². The predicted octanol–water partition coefficient (Wildman–Crippen LogP) is 3.27. The van der Waals surface area contributed by atoms with Gasteiger partial charge in [0.25, 0.3) is 5.91 Å². The van der Waals surface area contributed by atoms with Gasteiger partial charge in [-0.3, -0.25) is 4.79 Å². The number of rotatable bonds is 6. The smallest absolute Gasteiger partial charge is 0.337 e. The second kappa shape index (κ2) is 8.63. The molecular formula is C20H18N4O4. The molecule has 3 aromatic rings. The molecule has 2 N–H and O–H groups in total. The number of methoxy groups -OCH3 is 2. The van der Waals surface area contributed by atoms with Crippen molar-refractivity contribution in [3.8, 4) is 5.75 Å². The maximum absolute atomic E-state index is 12.3. The van der Waals surface area contributed by atoms with Crippen LogP contribution < -0.4 is 15.4 Å². The second-order valence-corrected chi connectivity index (χ2v) is 5.67. The first-order chi connectivity index (χ1) is 13.6. The Morgan fingerprint density at radius 3 is 2.43 bits per heavy atom. The zero-order valence-electron chi connectivity index (χ0n) is 15.3. The van der Waals surface area contributed by atoms with E-state index in [0.29, 0.717) is 28.5 Å². The minimum absolute atomic E-state index is 0.164. The van der Waals surface area contributed by atoms with E-state index >= 15 is 0 Å². The van der Waals surface area contributed by atoms with E-state index in [1.165, 1.54) is 19.5 Å². The summed E-state index contributed by atoms with van der Waals surface area (Å²) in [6.07, 6.45) is 2.80. The lowest BCUT2D eigenvalue weighted by molar-refractivity contribution is 0.0600. The van der Waals surface area contributed by atoms with Gasteiger partial charge in [0.1, 0.15) is 17.3 Å². The standard InChI is InChI=1S/C20H18N4O4/c1-27-16-8-4-7-15(10-16)24-19(25)17-11-22-18(12-21-17)23-14-6-3-5-13(9-14)20(26)28-2/h3-12H,1-2H3,(H,22,23)(H,24,25). The molecule has 0 unspecified atom stereocenters. The van der Waals surface area contributed by atoms with Gasteiger partial charge in [0.15, 0.2) is 0 Å². The fourth-order valence-electron chi connectivity index (χ4n) is 2.40. The Morgan fingerprint density at radius 2 is 1.71 bits per heavy atom. The fourth-order valence-corrected chi connectivity index (χ4v) is 2.40. The molecule has 0 aliphatic carbocycles. The summed E-state index contributed by atoms with van der Waals surface area (Å²) < 4.78 is 9.83. The van der Waals surface area contributed by atoms with E-state index in [1.54, 1.807) is 55.6 Å². The molecule has 2 aromatic carbocycles. The van der Waals surface area contributed by atoms with Gasteiger partial charge in [-0.15, -0.1) is 0 Å². The SMILES string of the molecule is COC(=O)c1cccc(Nc2cnc(C(=O)Nc3cccc(OC)c3)cn2)c1. The number of carbonyl (C=O) groups is 2. The number of amides is 1. The van der Waals surface area contributed by atoms with Crippen LogP contribution in [-0.2, 0) is 4.74 Å². The van der Waals surface area contributed by atoms with Gasteiger partial charge in [0.05, 0.1) is 32.2 Å². The van der Waals surface area contributed by atoms with Crippen molar-refractivity contribution >= 4 is 29.1 Å². The van der Waals surface area contributed by atoms with E-state index in [9.17, 15) is 9.59 Å². The van der Waals surface area contributed by atoms with Crippen molar-refractivity contribution < 1.29 is 19.1 Å². The number of nitrogens with one attached hydrogen (secondary N) is 2. The lowest BCUT2D eigenvalue weighted by atomic mass is 10.2. The number of hydrogen-bond acceptors (Lipinski definition) is 7. The Kier molecular flexibility index (Phi) is 5.81. The summed E-state index contributed by atoms with van der Waals surface area (Å²) in [5.74, 6) is 0.247. The van der Waals surface area contributed by atoms with Gasteiger partial charge in [-0.2, -0.15) is 0 Å². The molecule has 0 saturated carbocycles. The van der Waals surface area contributed by atoms with Crippen LogP contribution in [0.25, 0.3) is 0 Å². The molecule has 28 heavy (non-hydrogen) atoms. The van der Waals surface area contributed by atoms with E-state index in [2.05, 4.69) is 20.6 Å². The van der Waals surface area contributed by atoms with Crippen molar-refractivity contribution in [1.82, 2.24) is 9.97 Å². The zero-order chi connectivity index (χ0) is 19.9. The van der Waals surface area contributed by atoms with Gasteiger partial charge in [-0.05, 0) is 30.3 Å². The summed E-state index contributed by atoms with van der Waals surface area (Å²) in [5, 5.41) is 5.76. The first-order valence-corrected chi connectivity index (χ1v) is 8.32. The van der Waals surface area contributed by atoms with Crippen LogP contribution in [0.2, 0.25) is 0 Å². The fraction of sp³-hybridized carbons (Fsp3) is 0.100. The van der Waals surface area contributed by atoms with Gasteiger partial charge in [0.2, 0.25) is 0 Å². The first-order valence-electron chi connectivity index (χ1n) is 8.32. The van der Waals surface area contributed by atoms with Crippen molar-refractivity contribution in [2.45, 2.75) is 0 Å². The highest BCUT2D eigenvalue weighted by Gasteiger charge is 2.10. The van der Waals surface area contributed by atoms with Crippen LogP contribution in [-0.4, -0.2) is 36.1 Å². The van der Waals surface area contributed by atoms with E-state index in [1.807, 2.05) is 0 Å². The number of esters is 1. The summed E-state index contributed by atoms with van der Waals surface area (Å²) in [6, 6.07) is 13.8. The molecule has 1 aromatic heterocycles. The molecule has 8 nitrogen and oxygen atoms in total. The molecule has 3 rings (SSSR count). The Morgan fingerprint density at radius 1 is 0.929 bits per heavy atom. The van der Waals surface area contributed by atoms with Gasteiger partial charge in [-0.25, -0.2) is 14.8 Å². The van der Waals surface area contributed by atoms with Gasteiger partial charge in [0, 0.05) is 17.4 Å². The molecule has 0 fully saturated rings. The molecule has 0 aliphatic rings. The highest BCUT2D eigenvalue weighted by atomic mass is 16.5. The number of anilines is 3. The third kappa shape index (κ3) is 4.61. The topological polar surface area (TPSA) is 102 Å². The average molecular weight is 378 g/mol. The van der Waals surface area contributed by atoms with E-state index < -0.39 is 5.97 Å². The summed E-state index contributed by atoms with van der Waals surface area (Å²) in [4.78, 5) is 32.2. The molecule has 0 bridgehead atoms. The molecule has 0 radical (unpaired) electrons. The number of hydrogen-bond donors (Lipinski definition) is 2. The Hall–Kier alpha value is -3.94. The van der Waals surface area contributed by atoms with E-state index in [-0.39, 0.29) is 11.6 Å². The van der Waals surface area contributed by atoms with Crippen molar-refractivity contribution in [3.63, 3.8) is 0 Å². The maximum atomic E-state index is 12.3. The van der Waals surface area contributed by atoms with Gasteiger partial charge in [-0.1, -0.05) is 12.1 Å². The largest absolute Gasteiger partial charge is 0.497 e. The monoisotopic (exact) mass is 378 g/mol. The van der Waals surface area contributed by atoms with E-state index in [0.717, 1.165) is 0 Å². The maximum Gasteiger partial charge on any atom is 0.337 e. The average Bonchev–Trinajstić information content (AvgIpc) is 2.74. The second-order valence-electron chi connectivity index (χ2n) is 5.67. The summed E-state index contributed by atoms with van der Waals surface area (Å²) in [6.45, 7) is 0. The molecule has 142 valence electrons. The summed E-state index contributed by atoms with van der Waals surface area (Å²) >= 11 is 0. The van der Waals surface area contributed by atoms with Gasteiger partial charge < -0.3 is 20.1 Å². The van der Waals surface area contributed by atoms with Crippen LogP contribution in [0.5, 0.6) is 5.75 Å². The summed E-state index contributed by atoms with van der Waals surface area (Å²) in [7, 11) is 2.88. The molecule has 0 aliphatic heterocycles. The molecular weight excluding hydrogens is 360 g/mol. The normalized spacial score (nSPS) is 10.1. The molecule has 8 heteroatoms. The number of ether oxygens (including phenoxy) is 2. The Balaban J connectivity index is 1.67. The lowest BCUT2D eigenvalue weighted by Gasteiger charge is -2.08. The highest BCUT2D eigenvalue weighted by Crippen LogP contribution is 2.18. The lowest BCUT2D eigenvalue weighted by Crippen LogP contribution is -2.14. The number of benzene rings is 2. The number of aromatic nitrogens is 2. The number of carbonyl (C=O) groups excluding carboxylic acids is 2. The molecule has 1 heterocycles. The molecule has 0 saturated heterocycles. The first kappa shape index (κ1) is 18.8. The minimum Gasteiger partial charge on any atom is -0.497 e. The Bertz CT molecular complexity index is 990. The van der Waals surface area contributed by atoms with Crippen molar-refractivity contribution in [2.75, 3.05) is 24.9 Å². The van der Waals surface area contributed by atoms with Crippen molar-refractivity contribution in [3.05, 3.63) is 72.2 Å². The number of nitrogens with zero attached hydrogens (tertiary/aromatic N) is 2. The third-order valence-electron chi connectivity index (χ3n) is 3.77. The molecule has 1 amide bonds.